The van der Waals surface area contributed by atoms with E-state index < -0.39 is 0 Å². The van der Waals surface area contributed by atoms with Crippen molar-refractivity contribution in [3.05, 3.63) is 59.2 Å². The second kappa shape index (κ2) is 4.59. The third-order valence-electron chi connectivity index (χ3n) is 2.07. The minimum atomic E-state index is 0.761. The Morgan fingerprint density at radius 3 is 2.38 bits per heavy atom. The maximum absolute atomic E-state index is 4.26. The summed E-state index contributed by atoms with van der Waals surface area (Å²) in [5.41, 5.74) is 2.72. The van der Waals surface area contributed by atoms with Gasteiger partial charge in [-0.25, -0.2) is 9.97 Å². The van der Waals surface area contributed by atoms with Crippen LogP contribution in [0.1, 0.15) is 22.8 Å². The van der Waals surface area contributed by atoms with Crippen LogP contribution in [0.25, 0.3) is 0 Å². The molecule has 16 heavy (non-hydrogen) atoms. The molecular formula is C14H12N2. The van der Waals surface area contributed by atoms with E-state index in [9.17, 15) is 0 Å². The van der Waals surface area contributed by atoms with Crippen molar-refractivity contribution in [2.75, 3.05) is 0 Å². The summed E-state index contributed by atoms with van der Waals surface area (Å²) in [6.45, 7) is 3.82. The number of rotatable bonds is 0. The van der Waals surface area contributed by atoms with E-state index in [1.54, 1.807) is 0 Å². The summed E-state index contributed by atoms with van der Waals surface area (Å²) in [5.74, 6) is 6.88. The van der Waals surface area contributed by atoms with Gasteiger partial charge in [0.05, 0.1) is 0 Å². The molecule has 0 fully saturated rings. The topological polar surface area (TPSA) is 25.8 Å². The van der Waals surface area contributed by atoms with Crippen LogP contribution in [0.5, 0.6) is 0 Å². The first-order chi connectivity index (χ1) is 7.74. The first-order valence-electron chi connectivity index (χ1n) is 5.13. The van der Waals surface area contributed by atoms with E-state index in [0.717, 1.165) is 22.8 Å². The van der Waals surface area contributed by atoms with Crippen molar-refractivity contribution >= 4 is 0 Å². The maximum atomic E-state index is 4.26. The number of aromatic nitrogens is 2. The highest BCUT2D eigenvalue weighted by molar-refractivity contribution is 5.40. The summed E-state index contributed by atoms with van der Waals surface area (Å²) >= 11 is 0. The van der Waals surface area contributed by atoms with Gasteiger partial charge in [0.2, 0.25) is 0 Å². The average Bonchev–Trinajstić information content (AvgIpc) is 2.27. The van der Waals surface area contributed by atoms with E-state index in [1.165, 1.54) is 0 Å². The quantitative estimate of drug-likeness (QED) is 0.622. The molecule has 1 aromatic carbocycles. The van der Waals surface area contributed by atoms with Crippen LogP contribution in [0, 0.1) is 25.7 Å². The third-order valence-corrected chi connectivity index (χ3v) is 2.07. The Hall–Kier alpha value is -2.14. The van der Waals surface area contributed by atoms with Crippen LogP contribution in [0.15, 0.2) is 36.4 Å². The summed E-state index contributed by atoms with van der Waals surface area (Å²) in [4.78, 5) is 8.47. The average molecular weight is 208 g/mol. The monoisotopic (exact) mass is 208 g/mol. The molecule has 0 unspecified atom stereocenters. The van der Waals surface area contributed by atoms with E-state index in [-0.39, 0.29) is 0 Å². The number of aryl methyl sites for hydroxylation is 2. The Morgan fingerprint density at radius 1 is 0.938 bits per heavy atom. The molecule has 0 aliphatic rings. The lowest BCUT2D eigenvalue weighted by atomic mass is 10.2. The van der Waals surface area contributed by atoms with Gasteiger partial charge in [0.25, 0.3) is 0 Å². The molecule has 0 aliphatic carbocycles. The van der Waals surface area contributed by atoms with E-state index >= 15 is 0 Å². The summed E-state index contributed by atoms with van der Waals surface area (Å²) in [6, 6.07) is 11.8. The van der Waals surface area contributed by atoms with Crippen LogP contribution in [0.4, 0.5) is 0 Å². The molecule has 0 atom stereocenters. The fourth-order valence-corrected chi connectivity index (χ4v) is 1.44. The van der Waals surface area contributed by atoms with Gasteiger partial charge >= 0.3 is 0 Å². The molecule has 0 saturated heterocycles. The van der Waals surface area contributed by atoms with Crippen molar-refractivity contribution < 1.29 is 0 Å². The largest absolute Gasteiger partial charge is 0.238 e. The molecular weight excluding hydrogens is 196 g/mol. The standard InChI is InChI=1S/C14H12N2/c1-11-10-14(16-12(2)15-11)9-8-13-6-4-3-5-7-13/h3-7,10H,1-2H3. The minimum Gasteiger partial charge on any atom is -0.238 e. The van der Waals surface area contributed by atoms with Gasteiger partial charge in [-0.1, -0.05) is 24.1 Å². The van der Waals surface area contributed by atoms with Crippen molar-refractivity contribution in [2.45, 2.75) is 13.8 Å². The minimum absolute atomic E-state index is 0.761. The van der Waals surface area contributed by atoms with Crippen LogP contribution >= 0.6 is 0 Å². The van der Waals surface area contributed by atoms with E-state index in [4.69, 9.17) is 0 Å². The Bertz CT molecular complexity index is 528. The van der Waals surface area contributed by atoms with Crippen LogP contribution in [-0.2, 0) is 0 Å². The van der Waals surface area contributed by atoms with Crippen molar-refractivity contribution in [1.29, 1.82) is 0 Å². The normalized spacial score (nSPS) is 9.38. The van der Waals surface area contributed by atoms with Gasteiger partial charge < -0.3 is 0 Å². The zero-order valence-corrected chi connectivity index (χ0v) is 9.36. The molecule has 1 aromatic heterocycles. The molecule has 0 amide bonds. The van der Waals surface area contributed by atoms with Gasteiger partial charge in [-0.05, 0) is 38.0 Å². The van der Waals surface area contributed by atoms with Crippen LogP contribution < -0.4 is 0 Å². The summed E-state index contributed by atoms with van der Waals surface area (Å²) < 4.78 is 0. The number of nitrogens with zero attached hydrogens (tertiary/aromatic N) is 2. The lowest BCUT2D eigenvalue weighted by molar-refractivity contribution is 1.000. The highest BCUT2D eigenvalue weighted by atomic mass is 14.9. The van der Waals surface area contributed by atoms with Crippen LogP contribution in [0.3, 0.4) is 0 Å². The Labute approximate surface area is 95.4 Å². The first kappa shape index (κ1) is 10.4. The predicted octanol–water partition coefficient (Wildman–Crippen LogP) is 2.49. The van der Waals surface area contributed by atoms with E-state index in [2.05, 4.69) is 21.8 Å². The lowest BCUT2D eigenvalue weighted by Crippen LogP contribution is -1.93. The fraction of sp³-hybridized carbons (Fsp3) is 0.143. The van der Waals surface area contributed by atoms with Crippen molar-refractivity contribution in [2.24, 2.45) is 0 Å². The molecule has 0 N–H and O–H groups in total. The van der Waals surface area contributed by atoms with Crippen LogP contribution in [0.2, 0.25) is 0 Å². The Balaban J connectivity index is 2.31. The van der Waals surface area contributed by atoms with Gasteiger partial charge in [0, 0.05) is 11.3 Å². The maximum Gasteiger partial charge on any atom is 0.126 e. The summed E-state index contributed by atoms with van der Waals surface area (Å²) in [6.07, 6.45) is 0. The predicted molar refractivity (Wildman–Crippen MR) is 63.9 cm³/mol. The Morgan fingerprint density at radius 2 is 1.69 bits per heavy atom. The molecule has 0 saturated carbocycles. The number of hydrogen-bond acceptors (Lipinski definition) is 2. The molecule has 0 aliphatic heterocycles. The molecule has 0 spiro atoms. The highest BCUT2D eigenvalue weighted by Crippen LogP contribution is 2.00. The van der Waals surface area contributed by atoms with Crippen molar-refractivity contribution in [3.63, 3.8) is 0 Å². The second-order valence-corrected chi connectivity index (χ2v) is 3.56. The lowest BCUT2D eigenvalue weighted by Gasteiger charge is -1.95. The van der Waals surface area contributed by atoms with Gasteiger partial charge in [-0.3, -0.25) is 0 Å². The molecule has 2 rings (SSSR count). The molecule has 0 bridgehead atoms. The molecule has 78 valence electrons. The molecule has 0 radical (unpaired) electrons. The smallest absolute Gasteiger partial charge is 0.126 e. The molecule has 2 nitrogen and oxygen atoms in total. The van der Waals surface area contributed by atoms with Gasteiger partial charge in [-0.2, -0.15) is 0 Å². The summed E-state index contributed by atoms with van der Waals surface area (Å²) in [5, 5.41) is 0. The number of benzene rings is 1. The SMILES string of the molecule is Cc1cc(C#Cc2ccccc2)nc(C)n1. The fourth-order valence-electron chi connectivity index (χ4n) is 1.44. The zero-order valence-electron chi connectivity index (χ0n) is 9.36. The molecule has 2 aromatic rings. The Kier molecular flexibility index (Phi) is 2.98. The summed E-state index contributed by atoms with van der Waals surface area (Å²) in [7, 11) is 0. The van der Waals surface area contributed by atoms with Gasteiger partial charge in [0.15, 0.2) is 0 Å². The first-order valence-corrected chi connectivity index (χ1v) is 5.13. The van der Waals surface area contributed by atoms with E-state index in [0.29, 0.717) is 0 Å². The third kappa shape index (κ3) is 2.68. The van der Waals surface area contributed by atoms with Gasteiger partial charge in [-0.15, -0.1) is 0 Å². The van der Waals surface area contributed by atoms with Gasteiger partial charge in [0.1, 0.15) is 11.5 Å². The van der Waals surface area contributed by atoms with Crippen LogP contribution in [-0.4, -0.2) is 9.97 Å². The second-order valence-electron chi connectivity index (χ2n) is 3.56. The molecule has 1 heterocycles. The number of hydrogen-bond donors (Lipinski definition) is 0. The molecule has 2 heteroatoms. The zero-order chi connectivity index (χ0) is 11.4. The van der Waals surface area contributed by atoms with Crippen molar-refractivity contribution in [1.82, 2.24) is 9.97 Å². The highest BCUT2D eigenvalue weighted by Gasteiger charge is 1.94. The van der Waals surface area contributed by atoms with E-state index in [1.807, 2.05) is 50.2 Å². The van der Waals surface area contributed by atoms with Crippen molar-refractivity contribution in [3.8, 4) is 11.8 Å².